The van der Waals surface area contributed by atoms with E-state index < -0.39 is 11.2 Å². The lowest BCUT2D eigenvalue weighted by atomic mass is 10.2. The third-order valence-corrected chi connectivity index (χ3v) is 2.81. The van der Waals surface area contributed by atoms with Crippen LogP contribution in [0.15, 0.2) is 12.1 Å². The smallest absolute Gasteiger partial charge is 0.272 e. The van der Waals surface area contributed by atoms with E-state index >= 15 is 0 Å². The standard InChI is InChI=1S/C10H12Cl2N2O4/c1-17-9(18-2)5-13-10-7(11)3-6(14(15)16)4-8(10)12/h3-4,9,13H,5H2,1-2H3. The number of rotatable bonds is 6. The highest BCUT2D eigenvalue weighted by molar-refractivity contribution is 6.39. The highest BCUT2D eigenvalue weighted by atomic mass is 35.5. The molecule has 6 nitrogen and oxygen atoms in total. The van der Waals surface area contributed by atoms with Crippen LogP contribution in [0.4, 0.5) is 11.4 Å². The van der Waals surface area contributed by atoms with E-state index in [1.165, 1.54) is 26.4 Å². The van der Waals surface area contributed by atoms with Gasteiger partial charge in [-0.25, -0.2) is 0 Å². The van der Waals surface area contributed by atoms with E-state index in [2.05, 4.69) is 5.32 Å². The molecule has 0 radical (unpaired) electrons. The second kappa shape index (κ2) is 6.75. The molecule has 1 rings (SSSR count). The zero-order valence-corrected chi connectivity index (χ0v) is 11.3. The van der Waals surface area contributed by atoms with Gasteiger partial charge in [0.2, 0.25) is 0 Å². The quantitative estimate of drug-likeness (QED) is 0.496. The minimum absolute atomic E-state index is 0.161. The summed E-state index contributed by atoms with van der Waals surface area (Å²) in [7, 11) is 2.99. The predicted molar refractivity (Wildman–Crippen MR) is 69.4 cm³/mol. The lowest BCUT2D eigenvalue weighted by Crippen LogP contribution is -2.23. The molecule has 1 aromatic carbocycles. The summed E-state index contributed by atoms with van der Waals surface area (Å²) in [6.07, 6.45) is -0.465. The maximum absolute atomic E-state index is 10.6. The van der Waals surface area contributed by atoms with Gasteiger partial charge in [0.15, 0.2) is 6.29 Å². The fourth-order valence-electron chi connectivity index (χ4n) is 1.28. The molecule has 100 valence electrons. The van der Waals surface area contributed by atoms with Crippen LogP contribution < -0.4 is 5.32 Å². The molecule has 0 aliphatic rings. The van der Waals surface area contributed by atoms with Crippen LogP contribution in [0.2, 0.25) is 10.0 Å². The zero-order valence-electron chi connectivity index (χ0n) is 9.78. The molecule has 0 bridgehead atoms. The van der Waals surface area contributed by atoms with Crippen LogP contribution in [0.5, 0.6) is 0 Å². The summed E-state index contributed by atoms with van der Waals surface area (Å²) < 4.78 is 9.97. The average molecular weight is 295 g/mol. The Labute approximate surface area is 114 Å². The number of anilines is 1. The molecule has 0 unspecified atom stereocenters. The minimum Gasteiger partial charge on any atom is -0.378 e. The van der Waals surface area contributed by atoms with Crippen LogP contribution in [0.1, 0.15) is 0 Å². The second-order valence-corrected chi connectivity index (χ2v) is 4.14. The van der Waals surface area contributed by atoms with Crippen molar-refractivity contribution >= 4 is 34.6 Å². The van der Waals surface area contributed by atoms with E-state index in [1.807, 2.05) is 0 Å². The number of nitrogens with one attached hydrogen (secondary N) is 1. The molecule has 0 aromatic heterocycles. The Morgan fingerprint density at radius 2 is 1.83 bits per heavy atom. The van der Waals surface area contributed by atoms with E-state index in [4.69, 9.17) is 32.7 Å². The normalized spacial score (nSPS) is 10.7. The monoisotopic (exact) mass is 294 g/mol. The number of halogens is 2. The van der Waals surface area contributed by atoms with Crippen molar-refractivity contribution in [1.82, 2.24) is 0 Å². The van der Waals surface area contributed by atoms with Crippen molar-refractivity contribution in [2.45, 2.75) is 6.29 Å². The number of benzene rings is 1. The second-order valence-electron chi connectivity index (χ2n) is 3.32. The van der Waals surface area contributed by atoms with Gasteiger partial charge in [-0.05, 0) is 0 Å². The molecular weight excluding hydrogens is 283 g/mol. The number of ether oxygens (including phenoxy) is 2. The number of nitro groups is 1. The Morgan fingerprint density at radius 3 is 2.22 bits per heavy atom. The molecule has 0 saturated carbocycles. The fourth-order valence-corrected chi connectivity index (χ4v) is 1.89. The summed E-state index contributed by atoms with van der Waals surface area (Å²) >= 11 is 11.8. The van der Waals surface area contributed by atoms with Gasteiger partial charge in [-0.1, -0.05) is 23.2 Å². The van der Waals surface area contributed by atoms with Crippen molar-refractivity contribution in [3.05, 3.63) is 32.3 Å². The number of nitrogens with zero attached hydrogens (tertiary/aromatic N) is 1. The van der Waals surface area contributed by atoms with Gasteiger partial charge in [0.1, 0.15) is 0 Å². The first-order valence-electron chi connectivity index (χ1n) is 4.92. The lowest BCUT2D eigenvalue weighted by molar-refractivity contribution is -0.384. The van der Waals surface area contributed by atoms with Gasteiger partial charge in [0, 0.05) is 26.4 Å². The van der Waals surface area contributed by atoms with Crippen molar-refractivity contribution in [1.29, 1.82) is 0 Å². The van der Waals surface area contributed by atoms with Gasteiger partial charge < -0.3 is 14.8 Å². The summed E-state index contributed by atoms with van der Waals surface area (Å²) in [5.41, 5.74) is 0.244. The molecule has 18 heavy (non-hydrogen) atoms. The van der Waals surface area contributed by atoms with Crippen molar-refractivity contribution in [3.63, 3.8) is 0 Å². The SMILES string of the molecule is COC(CNc1c(Cl)cc([N+](=O)[O-])cc1Cl)OC. The number of hydrogen-bond acceptors (Lipinski definition) is 5. The molecule has 0 spiro atoms. The predicted octanol–water partition coefficient (Wildman–Crippen LogP) is 2.93. The van der Waals surface area contributed by atoms with Gasteiger partial charge in [0.05, 0.1) is 27.2 Å². The average Bonchev–Trinajstić information content (AvgIpc) is 2.32. The Hall–Kier alpha value is -1.08. The highest BCUT2D eigenvalue weighted by Gasteiger charge is 2.15. The van der Waals surface area contributed by atoms with E-state index in [1.54, 1.807) is 0 Å². The van der Waals surface area contributed by atoms with E-state index in [-0.39, 0.29) is 15.7 Å². The number of methoxy groups -OCH3 is 2. The molecule has 0 atom stereocenters. The van der Waals surface area contributed by atoms with Gasteiger partial charge in [0.25, 0.3) is 5.69 Å². The van der Waals surface area contributed by atoms with Crippen LogP contribution in [0, 0.1) is 10.1 Å². The first kappa shape index (κ1) is 15.0. The molecule has 1 aromatic rings. The van der Waals surface area contributed by atoms with Crippen LogP contribution in [-0.4, -0.2) is 32.0 Å². The summed E-state index contributed by atoms with van der Waals surface area (Å²) in [6, 6.07) is 2.45. The molecule has 1 N–H and O–H groups in total. The minimum atomic E-state index is -0.561. The summed E-state index contributed by atoms with van der Waals surface area (Å²) in [4.78, 5) is 10.0. The summed E-state index contributed by atoms with van der Waals surface area (Å²) in [5.74, 6) is 0. The first-order chi connectivity index (χ1) is 8.49. The zero-order chi connectivity index (χ0) is 13.7. The van der Waals surface area contributed by atoms with Gasteiger partial charge >= 0.3 is 0 Å². The van der Waals surface area contributed by atoms with Crippen molar-refractivity contribution in [2.75, 3.05) is 26.1 Å². The Balaban J connectivity index is 2.87. The van der Waals surface area contributed by atoms with Crippen LogP contribution >= 0.6 is 23.2 Å². The molecular formula is C10H12Cl2N2O4. The maximum Gasteiger partial charge on any atom is 0.272 e. The van der Waals surface area contributed by atoms with Crippen molar-refractivity contribution in [3.8, 4) is 0 Å². The lowest BCUT2D eigenvalue weighted by Gasteiger charge is -2.16. The molecule has 0 fully saturated rings. The molecule has 0 aliphatic carbocycles. The maximum atomic E-state index is 10.6. The fraction of sp³-hybridized carbons (Fsp3) is 0.400. The third kappa shape index (κ3) is 3.71. The van der Waals surface area contributed by atoms with Gasteiger partial charge in [-0.15, -0.1) is 0 Å². The van der Waals surface area contributed by atoms with E-state index in [0.717, 1.165) is 0 Å². The molecule has 0 amide bonds. The van der Waals surface area contributed by atoms with Crippen LogP contribution in [0.3, 0.4) is 0 Å². The molecule has 0 saturated heterocycles. The van der Waals surface area contributed by atoms with Gasteiger partial charge in [-0.3, -0.25) is 10.1 Å². The first-order valence-corrected chi connectivity index (χ1v) is 5.68. The Bertz CT molecular complexity index is 415. The topological polar surface area (TPSA) is 73.6 Å². The van der Waals surface area contributed by atoms with Crippen LogP contribution in [0.25, 0.3) is 0 Å². The van der Waals surface area contributed by atoms with Crippen LogP contribution in [-0.2, 0) is 9.47 Å². The Kier molecular flexibility index (Phi) is 5.61. The third-order valence-electron chi connectivity index (χ3n) is 2.21. The van der Waals surface area contributed by atoms with E-state index in [9.17, 15) is 10.1 Å². The molecule has 0 aliphatic heterocycles. The molecule has 8 heteroatoms. The number of non-ortho nitro benzene ring substituents is 1. The van der Waals surface area contributed by atoms with Crippen molar-refractivity contribution in [2.24, 2.45) is 0 Å². The number of nitro benzene ring substituents is 1. The summed E-state index contributed by atoms with van der Waals surface area (Å²) in [6.45, 7) is 0.310. The Morgan fingerprint density at radius 1 is 1.33 bits per heavy atom. The molecule has 0 heterocycles. The largest absolute Gasteiger partial charge is 0.378 e. The van der Waals surface area contributed by atoms with Gasteiger partial charge in [-0.2, -0.15) is 0 Å². The summed E-state index contributed by atoms with van der Waals surface area (Å²) in [5, 5.41) is 13.8. The highest BCUT2D eigenvalue weighted by Crippen LogP contribution is 2.34. The number of hydrogen-bond donors (Lipinski definition) is 1. The van der Waals surface area contributed by atoms with Crippen molar-refractivity contribution < 1.29 is 14.4 Å². The van der Waals surface area contributed by atoms with E-state index in [0.29, 0.717) is 12.2 Å².